The second-order valence-corrected chi connectivity index (χ2v) is 11.5. The predicted molar refractivity (Wildman–Crippen MR) is 110 cm³/mol. The minimum Gasteiger partial charge on any atom is -0.746 e. The Morgan fingerprint density at radius 3 is 0.545 bits per heavy atom. The Morgan fingerprint density at radius 1 is 0.455 bits per heavy atom. The van der Waals surface area contributed by atoms with Gasteiger partial charge in [-0.15, -0.1) is 0 Å². The third-order valence-corrected chi connectivity index (χ3v) is 6.73. The number of rotatable bonds is 8. The van der Waals surface area contributed by atoms with Crippen molar-refractivity contribution < 1.29 is 72.3 Å². The van der Waals surface area contributed by atoms with Gasteiger partial charge in [-0.05, 0) is 25.7 Å². The van der Waals surface area contributed by atoms with Crippen molar-refractivity contribution in [1.29, 1.82) is 0 Å². The van der Waals surface area contributed by atoms with Gasteiger partial charge in [-0.3, -0.25) is 0 Å². The first-order chi connectivity index (χ1) is 13.9. The smallest absolute Gasteiger partial charge is 0.746 e. The molecule has 200 valence electrons. The van der Waals surface area contributed by atoms with Crippen LogP contribution in [-0.4, -0.2) is 118 Å². The molecular weight excluding hydrogens is 647 g/mol. The van der Waals surface area contributed by atoms with E-state index in [0.29, 0.717) is 0 Å². The minimum absolute atomic E-state index is 0. The summed E-state index contributed by atoms with van der Waals surface area (Å²) < 4.78 is 117. The molecular formula is C12H28O16S4Sn. The normalized spacial score (nSPS) is 15.4. The van der Waals surface area contributed by atoms with Gasteiger partial charge in [0.1, 0.15) is 62.2 Å². The minimum atomic E-state index is -4.45. The van der Waals surface area contributed by atoms with Gasteiger partial charge in [0, 0.05) is 0 Å². The van der Waals surface area contributed by atoms with Gasteiger partial charge in [-0.1, -0.05) is 27.7 Å². The number of aliphatic hydroxyl groups excluding tert-OH is 4. The summed E-state index contributed by atoms with van der Waals surface area (Å²) in [6, 6.07) is 0. The molecule has 0 amide bonds. The van der Waals surface area contributed by atoms with E-state index in [1.165, 1.54) is 27.7 Å². The van der Waals surface area contributed by atoms with Gasteiger partial charge in [-0.25, -0.2) is 33.7 Å². The van der Waals surface area contributed by atoms with E-state index in [1.54, 1.807) is 0 Å². The molecule has 0 saturated carbocycles. The summed E-state index contributed by atoms with van der Waals surface area (Å²) in [7, 11) is -17.8. The third kappa shape index (κ3) is 28.4. The van der Waals surface area contributed by atoms with E-state index < -0.39 is 62.2 Å². The van der Waals surface area contributed by atoms with Crippen LogP contribution < -0.4 is 0 Å². The molecule has 4 unspecified atom stereocenters. The van der Waals surface area contributed by atoms with Crippen molar-refractivity contribution in [2.45, 2.75) is 75.1 Å². The van der Waals surface area contributed by atoms with Crippen molar-refractivity contribution >= 4 is 64.4 Å². The molecule has 0 saturated heterocycles. The van der Waals surface area contributed by atoms with Crippen LogP contribution in [0.2, 0.25) is 0 Å². The fraction of sp³-hybridized carbons (Fsp3) is 1.00. The molecule has 0 radical (unpaired) electrons. The summed E-state index contributed by atoms with van der Waals surface area (Å²) in [5, 5.41) is 33.2. The van der Waals surface area contributed by atoms with E-state index in [-0.39, 0.29) is 49.6 Å². The third-order valence-electron chi connectivity index (χ3n) is 2.73. The Hall–Kier alpha value is 0.279. The molecule has 0 fully saturated rings. The van der Waals surface area contributed by atoms with Gasteiger partial charge in [0.05, 0.1) is 0 Å². The first kappa shape index (κ1) is 43.4. The van der Waals surface area contributed by atoms with Crippen LogP contribution >= 0.6 is 0 Å². The van der Waals surface area contributed by atoms with Crippen LogP contribution in [0, 0.1) is 0 Å². The fourth-order valence-corrected chi connectivity index (χ4v) is 2.45. The number of aliphatic hydroxyl groups is 4. The van der Waals surface area contributed by atoms with Gasteiger partial charge in [0.15, 0.2) is 0 Å². The van der Waals surface area contributed by atoms with Crippen LogP contribution in [0.15, 0.2) is 0 Å². The summed E-state index contributed by atoms with van der Waals surface area (Å²) in [5.41, 5.74) is -6.94. The second-order valence-electron chi connectivity index (χ2n) is 5.42. The summed E-state index contributed by atoms with van der Waals surface area (Å²) in [6.07, 6.45) is -0.199. The first-order valence-electron chi connectivity index (χ1n) is 8.44. The largest absolute Gasteiger partial charge is 4.00 e. The Balaban J connectivity index is -0.000000105. The van der Waals surface area contributed by atoms with Crippen molar-refractivity contribution in [2.75, 3.05) is 0 Å². The van der Waals surface area contributed by atoms with Crippen LogP contribution in [0.4, 0.5) is 0 Å². The average molecular weight is 675 g/mol. The van der Waals surface area contributed by atoms with Crippen LogP contribution in [0.1, 0.15) is 53.4 Å². The molecule has 0 aliphatic carbocycles. The zero-order valence-corrected chi connectivity index (χ0v) is 24.1. The van der Waals surface area contributed by atoms with Gasteiger partial charge < -0.3 is 38.6 Å². The summed E-state index contributed by atoms with van der Waals surface area (Å²) in [6.45, 7) is 5.67. The van der Waals surface area contributed by atoms with E-state index >= 15 is 0 Å². The quantitative estimate of drug-likeness (QED) is 0.144. The summed E-state index contributed by atoms with van der Waals surface area (Å²) >= 11 is 0. The van der Waals surface area contributed by atoms with Crippen LogP contribution in [0.25, 0.3) is 0 Å². The molecule has 0 aliphatic rings. The molecule has 0 aliphatic heterocycles. The second kappa shape index (κ2) is 19.5. The Bertz CT molecular complexity index is 745. The molecule has 0 heterocycles. The monoisotopic (exact) mass is 676 g/mol. The molecule has 0 aromatic heterocycles. The van der Waals surface area contributed by atoms with Crippen molar-refractivity contribution in [2.24, 2.45) is 0 Å². The van der Waals surface area contributed by atoms with Gasteiger partial charge in [0.2, 0.25) is 0 Å². The van der Waals surface area contributed by atoms with E-state index in [9.17, 15) is 51.9 Å². The predicted octanol–water partition coefficient (Wildman–Crippen LogP) is -3.34. The molecule has 0 aromatic rings. The van der Waals surface area contributed by atoms with E-state index in [2.05, 4.69) is 0 Å². The van der Waals surface area contributed by atoms with Gasteiger partial charge in [0.25, 0.3) is 0 Å². The van der Waals surface area contributed by atoms with Gasteiger partial charge in [-0.2, -0.15) is 0 Å². The molecule has 16 nitrogen and oxygen atoms in total. The fourth-order valence-electron chi connectivity index (χ4n) is 0.816. The average Bonchev–Trinajstić information content (AvgIpc) is 2.63. The van der Waals surface area contributed by atoms with E-state index in [0.717, 1.165) is 0 Å². The molecule has 4 atom stereocenters. The van der Waals surface area contributed by atoms with Crippen molar-refractivity contribution in [3.05, 3.63) is 0 Å². The standard InChI is InChI=1S/4C3H8O4S.Sn/c4*1-2-3(4)8(5,6)7;/h4*3-4H,2H2,1H3,(H,5,6,7);/q;;;;+4/p-4. The van der Waals surface area contributed by atoms with Gasteiger partial charge >= 0.3 is 23.9 Å². The van der Waals surface area contributed by atoms with Crippen LogP contribution in [-0.2, 0) is 40.5 Å². The maximum atomic E-state index is 9.76. The first-order valence-corrected chi connectivity index (χ1v) is 14.3. The molecule has 0 bridgehead atoms. The number of hydrogen-bond acceptors (Lipinski definition) is 16. The zero-order valence-electron chi connectivity index (χ0n) is 18.0. The summed E-state index contributed by atoms with van der Waals surface area (Å²) in [4.78, 5) is 0. The van der Waals surface area contributed by atoms with E-state index in [4.69, 9.17) is 20.4 Å². The molecule has 0 rings (SSSR count). The Kier molecular flexibility index (Phi) is 25.6. The van der Waals surface area contributed by atoms with Crippen molar-refractivity contribution in [3.63, 3.8) is 0 Å². The Morgan fingerprint density at radius 2 is 0.545 bits per heavy atom. The zero-order chi connectivity index (χ0) is 27.1. The van der Waals surface area contributed by atoms with Crippen molar-refractivity contribution in [3.8, 4) is 0 Å². The SMILES string of the molecule is CCC(O)S(=O)(=O)[O-].CCC(O)S(=O)(=O)[O-].CCC(O)S(=O)(=O)[O-].CCC(O)S(=O)(=O)[O-].[Sn+4]. The maximum Gasteiger partial charge on any atom is 4.00 e. The molecule has 0 aromatic carbocycles. The maximum absolute atomic E-state index is 9.76. The van der Waals surface area contributed by atoms with Crippen LogP contribution in [0.5, 0.6) is 0 Å². The molecule has 33 heavy (non-hydrogen) atoms. The van der Waals surface area contributed by atoms with Crippen LogP contribution in [0.3, 0.4) is 0 Å². The molecule has 21 heteroatoms. The van der Waals surface area contributed by atoms with E-state index in [1.807, 2.05) is 0 Å². The Labute approximate surface area is 211 Å². The number of hydrogen-bond donors (Lipinski definition) is 4. The summed E-state index contributed by atoms with van der Waals surface area (Å²) in [5.74, 6) is 0. The molecule has 0 spiro atoms. The molecule has 4 N–H and O–H groups in total. The van der Waals surface area contributed by atoms with Crippen molar-refractivity contribution in [1.82, 2.24) is 0 Å². The topological polar surface area (TPSA) is 310 Å².